The number of fused-ring (bicyclic) bond motifs is 1. The predicted molar refractivity (Wildman–Crippen MR) is 114 cm³/mol. The summed E-state index contributed by atoms with van der Waals surface area (Å²) in [6.45, 7) is 6.11. The van der Waals surface area contributed by atoms with Gasteiger partial charge in [-0.15, -0.1) is 0 Å². The van der Waals surface area contributed by atoms with E-state index in [0.29, 0.717) is 29.7 Å². The molecule has 1 amide bonds. The fraction of sp³-hybridized carbons (Fsp3) is 0.600. The molecule has 0 bridgehead atoms. The average molecular weight is 452 g/mol. The first-order chi connectivity index (χ1) is 14.9. The van der Waals surface area contributed by atoms with Gasteiger partial charge in [0.15, 0.2) is 11.5 Å². The molecule has 2 aromatic heterocycles. The van der Waals surface area contributed by atoms with Gasteiger partial charge in [0.1, 0.15) is 17.5 Å². The van der Waals surface area contributed by atoms with E-state index in [0.717, 1.165) is 18.9 Å². The monoisotopic (exact) mass is 452 g/mol. The molecule has 0 saturated heterocycles. The summed E-state index contributed by atoms with van der Waals surface area (Å²) < 4.78 is 39.6. The molecule has 2 aromatic rings. The van der Waals surface area contributed by atoms with E-state index in [4.69, 9.17) is 5.73 Å². The van der Waals surface area contributed by atoms with Gasteiger partial charge in [0.2, 0.25) is 11.9 Å². The Morgan fingerprint density at radius 1 is 1.31 bits per heavy atom. The van der Waals surface area contributed by atoms with Crippen LogP contribution in [0.1, 0.15) is 38.1 Å². The molecule has 32 heavy (non-hydrogen) atoms. The van der Waals surface area contributed by atoms with E-state index >= 15 is 0 Å². The van der Waals surface area contributed by atoms with Crippen LogP contribution in [0.3, 0.4) is 0 Å². The number of hydrogen-bond donors (Lipinski definition) is 3. The lowest BCUT2D eigenvalue weighted by molar-refractivity contribution is -0.141. The van der Waals surface area contributed by atoms with Crippen molar-refractivity contribution < 1.29 is 18.0 Å². The molecule has 4 N–H and O–H groups in total. The number of amides is 1. The van der Waals surface area contributed by atoms with Gasteiger partial charge in [0, 0.05) is 25.7 Å². The summed E-state index contributed by atoms with van der Waals surface area (Å²) >= 11 is 0. The normalized spacial score (nSPS) is 23.1. The maximum Gasteiger partial charge on any atom is 0.435 e. The highest BCUT2D eigenvalue weighted by Gasteiger charge is 2.37. The zero-order chi connectivity index (χ0) is 23.4. The first kappa shape index (κ1) is 22.2. The number of nitrogens with two attached hydrogens (primary N) is 1. The molecule has 0 radical (unpaired) electrons. The van der Waals surface area contributed by atoms with Gasteiger partial charge < -0.3 is 21.3 Å². The molecule has 0 unspecified atom stereocenters. The minimum Gasteiger partial charge on any atom is -0.384 e. The zero-order valence-electron chi connectivity index (χ0n) is 18.4. The van der Waals surface area contributed by atoms with Gasteiger partial charge in [-0.3, -0.25) is 4.79 Å². The zero-order valence-corrected chi connectivity index (χ0v) is 18.4. The van der Waals surface area contributed by atoms with E-state index in [9.17, 15) is 18.0 Å². The lowest BCUT2D eigenvalue weighted by Gasteiger charge is -2.38. The molecule has 3 heterocycles. The number of carbonyl (C=O) groups excluding carboxylic acids is 1. The number of aryl methyl sites for hydroxylation is 1. The van der Waals surface area contributed by atoms with Crippen molar-refractivity contribution in [2.45, 2.75) is 58.4 Å². The molecule has 1 aliphatic heterocycles. The number of carbonyl (C=O) groups is 1. The number of nitrogen functional groups attached to an aromatic ring is 1. The Hall–Kier alpha value is -3.05. The van der Waals surface area contributed by atoms with Gasteiger partial charge in [0.25, 0.3) is 0 Å². The second-order valence-electron chi connectivity index (χ2n) is 8.93. The van der Waals surface area contributed by atoms with Crippen LogP contribution in [0.4, 0.5) is 36.4 Å². The lowest BCUT2D eigenvalue weighted by Crippen LogP contribution is -2.50. The van der Waals surface area contributed by atoms with E-state index in [1.54, 1.807) is 0 Å². The highest BCUT2D eigenvalue weighted by atomic mass is 19.4. The van der Waals surface area contributed by atoms with Crippen LogP contribution in [0.2, 0.25) is 0 Å². The molecular formula is C20H27F3N8O. The van der Waals surface area contributed by atoms with E-state index in [-0.39, 0.29) is 35.6 Å². The standard InChI is InChI=1S/C20H27F3N8O/c1-9(2)16-18(32)27-15-10(3)25-19(28-17(15)30(16)4)26-12-5-11(6-12)8-31-14(24)7-13(29-31)20(21,22)23/h7,9,11-12,16H,5-6,8,24H2,1-4H3,(H,27,32)(H,25,26,28)/t11-,12+,16-/m0/s1. The molecule has 12 heteroatoms. The largest absolute Gasteiger partial charge is 0.435 e. The molecule has 0 aromatic carbocycles. The fourth-order valence-corrected chi connectivity index (χ4v) is 4.42. The van der Waals surface area contributed by atoms with E-state index < -0.39 is 11.9 Å². The Balaban J connectivity index is 1.40. The molecule has 4 rings (SSSR count). The van der Waals surface area contributed by atoms with Crippen LogP contribution in [-0.4, -0.2) is 44.8 Å². The first-order valence-corrected chi connectivity index (χ1v) is 10.5. The second-order valence-corrected chi connectivity index (χ2v) is 8.93. The summed E-state index contributed by atoms with van der Waals surface area (Å²) in [6.07, 6.45) is -3.03. The third-order valence-electron chi connectivity index (χ3n) is 6.07. The minimum atomic E-state index is -4.51. The Bertz CT molecular complexity index is 1030. The molecule has 1 aliphatic carbocycles. The number of rotatable bonds is 5. The van der Waals surface area contributed by atoms with Crippen LogP contribution < -0.4 is 21.3 Å². The van der Waals surface area contributed by atoms with Crippen molar-refractivity contribution in [3.05, 3.63) is 17.5 Å². The highest BCUT2D eigenvalue weighted by Crippen LogP contribution is 2.36. The smallest absolute Gasteiger partial charge is 0.384 e. The third kappa shape index (κ3) is 4.05. The summed E-state index contributed by atoms with van der Waals surface area (Å²) in [5.41, 5.74) is 5.99. The molecule has 1 fully saturated rings. The van der Waals surface area contributed by atoms with Gasteiger partial charge in [-0.05, 0) is 31.6 Å². The minimum absolute atomic E-state index is 0.00664. The van der Waals surface area contributed by atoms with Crippen molar-refractivity contribution in [2.75, 3.05) is 28.3 Å². The number of halogens is 3. The van der Waals surface area contributed by atoms with Gasteiger partial charge in [-0.25, -0.2) is 9.67 Å². The number of nitrogens with one attached hydrogen (secondary N) is 2. The van der Waals surface area contributed by atoms with Gasteiger partial charge in [-0.1, -0.05) is 13.8 Å². The Kier molecular flexibility index (Phi) is 5.41. The topological polar surface area (TPSA) is 114 Å². The van der Waals surface area contributed by atoms with Crippen molar-refractivity contribution in [2.24, 2.45) is 11.8 Å². The van der Waals surface area contributed by atoms with Crippen molar-refractivity contribution in [1.82, 2.24) is 19.7 Å². The molecule has 2 aliphatic rings. The Morgan fingerprint density at radius 3 is 2.59 bits per heavy atom. The van der Waals surface area contributed by atoms with E-state index in [1.807, 2.05) is 32.7 Å². The number of aromatic nitrogens is 4. The SMILES string of the molecule is Cc1nc(N[C@H]2C[C@@H](Cn3nc(C(F)(F)F)cc3N)C2)nc2c1NC(=O)[C@H](C(C)C)N2C. The summed E-state index contributed by atoms with van der Waals surface area (Å²) in [7, 11) is 1.85. The van der Waals surface area contributed by atoms with Crippen molar-refractivity contribution in [3.63, 3.8) is 0 Å². The first-order valence-electron chi connectivity index (χ1n) is 10.5. The number of hydrogen-bond acceptors (Lipinski definition) is 7. The number of alkyl halides is 3. The van der Waals surface area contributed by atoms with E-state index in [2.05, 4.69) is 25.7 Å². The van der Waals surface area contributed by atoms with Crippen molar-refractivity contribution in [3.8, 4) is 0 Å². The summed E-state index contributed by atoms with van der Waals surface area (Å²) in [5, 5.41) is 9.81. The molecule has 174 valence electrons. The quantitative estimate of drug-likeness (QED) is 0.639. The van der Waals surface area contributed by atoms with Crippen LogP contribution in [0.15, 0.2) is 6.07 Å². The van der Waals surface area contributed by atoms with Crippen LogP contribution in [-0.2, 0) is 17.5 Å². The molecule has 1 saturated carbocycles. The maximum absolute atomic E-state index is 12.8. The second kappa shape index (κ2) is 7.82. The van der Waals surface area contributed by atoms with Crippen molar-refractivity contribution in [1.29, 1.82) is 0 Å². The van der Waals surface area contributed by atoms with Gasteiger partial charge in [-0.2, -0.15) is 23.3 Å². The number of nitrogens with zero attached hydrogens (tertiary/aromatic N) is 5. The average Bonchev–Trinajstić information content (AvgIpc) is 3.02. The molecule has 1 atom stereocenters. The highest BCUT2D eigenvalue weighted by molar-refractivity contribution is 6.03. The summed E-state index contributed by atoms with van der Waals surface area (Å²) in [5.74, 6) is 1.33. The summed E-state index contributed by atoms with van der Waals surface area (Å²) in [4.78, 5) is 23.4. The van der Waals surface area contributed by atoms with Crippen LogP contribution in [0.5, 0.6) is 0 Å². The van der Waals surface area contributed by atoms with Crippen LogP contribution in [0, 0.1) is 18.8 Å². The summed E-state index contributed by atoms with van der Waals surface area (Å²) in [6, 6.07) is 0.636. The third-order valence-corrected chi connectivity index (χ3v) is 6.07. The maximum atomic E-state index is 12.8. The number of anilines is 4. The Labute approximate surface area is 183 Å². The fourth-order valence-electron chi connectivity index (χ4n) is 4.42. The van der Waals surface area contributed by atoms with Crippen LogP contribution in [0.25, 0.3) is 0 Å². The predicted octanol–water partition coefficient (Wildman–Crippen LogP) is 2.89. The number of likely N-dealkylation sites (N-methyl/N-ethyl adjacent to an activating group) is 1. The van der Waals surface area contributed by atoms with Crippen molar-refractivity contribution >= 4 is 29.2 Å². The van der Waals surface area contributed by atoms with Crippen LogP contribution >= 0.6 is 0 Å². The van der Waals surface area contributed by atoms with E-state index in [1.165, 1.54) is 4.68 Å². The van der Waals surface area contributed by atoms with Gasteiger partial charge in [0.05, 0.1) is 5.69 Å². The Morgan fingerprint density at radius 2 is 2.00 bits per heavy atom. The molecule has 9 nitrogen and oxygen atoms in total. The van der Waals surface area contributed by atoms with Gasteiger partial charge >= 0.3 is 6.18 Å². The lowest BCUT2D eigenvalue weighted by atomic mass is 9.80. The molecular weight excluding hydrogens is 425 g/mol. The molecule has 0 spiro atoms.